The Morgan fingerprint density at radius 1 is 1.00 bits per heavy atom. The van der Waals surface area contributed by atoms with Crippen molar-refractivity contribution in [2.45, 2.75) is 0 Å². The first-order chi connectivity index (χ1) is 9.75. The van der Waals surface area contributed by atoms with E-state index in [4.69, 9.17) is 0 Å². The fourth-order valence-electron chi connectivity index (χ4n) is 2.09. The van der Waals surface area contributed by atoms with Crippen molar-refractivity contribution in [1.29, 1.82) is 0 Å². The van der Waals surface area contributed by atoms with Gasteiger partial charge < -0.3 is 5.32 Å². The van der Waals surface area contributed by atoms with Crippen molar-refractivity contribution in [3.8, 4) is 0 Å². The standard InChI is InChI=1S/C16H11BrN2O/c17-15-14(9-4-10-18-15)19-16(20)13-8-3-6-11-5-1-2-7-12(11)13/h1-10H,(H,19,20). The number of carbonyl (C=O) groups is 1. The van der Waals surface area contributed by atoms with Gasteiger partial charge in [0.25, 0.3) is 5.91 Å². The minimum atomic E-state index is -0.143. The number of anilines is 1. The summed E-state index contributed by atoms with van der Waals surface area (Å²) in [4.78, 5) is 16.5. The molecule has 0 atom stereocenters. The third-order valence-corrected chi connectivity index (χ3v) is 3.67. The van der Waals surface area contributed by atoms with Crippen LogP contribution in [0.2, 0.25) is 0 Å². The van der Waals surface area contributed by atoms with E-state index >= 15 is 0 Å². The number of halogens is 1. The van der Waals surface area contributed by atoms with Gasteiger partial charge in [-0.2, -0.15) is 0 Å². The molecule has 1 aromatic heterocycles. The summed E-state index contributed by atoms with van der Waals surface area (Å²) in [6.45, 7) is 0. The van der Waals surface area contributed by atoms with Crippen molar-refractivity contribution in [3.05, 3.63) is 71.0 Å². The van der Waals surface area contributed by atoms with Gasteiger partial charge in [0.05, 0.1) is 5.69 Å². The summed E-state index contributed by atoms with van der Waals surface area (Å²) in [6.07, 6.45) is 1.66. The van der Waals surface area contributed by atoms with E-state index in [1.165, 1.54) is 0 Å². The lowest BCUT2D eigenvalue weighted by Crippen LogP contribution is -2.13. The number of fused-ring (bicyclic) bond motifs is 1. The van der Waals surface area contributed by atoms with Gasteiger partial charge in [0.15, 0.2) is 0 Å². The van der Waals surface area contributed by atoms with Crippen LogP contribution in [0.4, 0.5) is 5.69 Å². The second-order valence-electron chi connectivity index (χ2n) is 4.32. The Morgan fingerprint density at radius 3 is 2.65 bits per heavy atom. The Bertz CT molecular complexity index is 781. The van der Waals surface area contributed by atoms with Gasteiger partial charge in [0.1, 0.15) is 4.60 Å². The topological polar surface area (TPSA) is 42.0 Å². The Kier molecular flexibility index (Phi) is 3.48. The fourth-order valence-corrected chi connectivity index (χ4v) is 2.44. The molecule has 0 unspecified atom stereocenters. The van der Waals surface area contributed by atoms with E-state index in [0.717, 1.165) is 10.8 Å². The molecule has 4 heteroatoms. The highest BCUT2D eigenvalue weighted by molar-refractivity contribution is 9.10. The van der Waals surface area contributed by atoms with Crippen LogP contribution >= 0.6 is 15.9 Å². The lowest BCUT2D eigenvalue weighted by Gasteiger charge is -2.08. The third kappa shape index (κ3) is 2.42. The Morgan fingerprint density at radius 2 is 1.80 bits per heavy atom. The van der Waals surface area contributed by atoms with E-state index in [9.17, 15) is 4.79 Å². The molecule has 20 heavy (non-hydrogen) atoms. The molecule has 0 bridgehead atoms. The van der Waals surface area contributed by atoms with Crippen LogP contribution in [0.3, 0.4) is 0 Å². The predicted molar refractivity (Wildman–Crippen MR) is 83.8 cm³/mol. The van der Waals surface area contributed by atoms with E-state index in [1.807, 2.05) is 42.5 Å². The highest BCUT2D eigenvalue weighted by atomic mass is 79.9. The SMILES string of the molecule is O=C(Nc1cccnc1Br)c1cccc2ccccc12. The summed E-state index contributed by atoms with van der Waals surface area (Å²) in [5.41, 5.74) is 1.31. The van der Waals surface area contributed by atoms with Crippen LogP contribution in [0, 0.1) is 0 Å². The van der Waals surface area contributed by atoms with Crippen molar-refractivity contribution in [3.63, 3.8) is 0 Å². The highest BCUT2D eigenvalue weighted by Crippen LogP contribution is 2.22. The summed E-state index contributed by atoms with van der Waals surface area (Å²) >= 11 is 3.32. The molecular formula is C16H11BrN2O. The maximum atomic E-state index is 12.4. The van der Waals surface area contributed by atoms with Crippen molar-refractivity contribution in [2.24, 2.45) is 0 Å². The van der Waals surface area contributed by atoms with Crippen molar-refractivity contribution in [2.75, 3.05) is 5.32 Å². The molecule has 3 nitrogen and oxygen atoms in total. The molecule has 0 saturated heterocycles. The zero-order valence-electron chi connectivity index (χ0n) is 10.5. The van der Waals surface area contributed by atoms with Gasteiger partial charge in [-0.3, -0.25) is 4.79 Å². The zero-order valence-corrected chi connectivity index (χ0v) is 12.1. The predicted octanol–water partition coefficient (Wildman–Crippen LogP) is 4.25. The summed E-state index contributed by atoms with van der Waals surface area (Å²) < 4.78 is 0.619. The molecule has 0 radical (unpaired) electrons. The number of nitrogens with zero attached hydrogens (tertiary/aromatic N) is 1. The summed E-state index contributed by atoms with van der Waals surface area (Å²) in [5, 5.41) is 4.85. The number of aromatic nitrogens is 1. The third-order valence-electron chi connectivity index (χ3n) is 3.04. The zero-order chi connectivity index (χ0) is 13.9. The van der Waals surface area contributed by atoms with Crippen molar-refractivity contribution >= 4 is 38.3 Å². The molecule has 0 spiro atoms. The maximum Gasteiger partial charge on any atom is 0.256 e. The smallest absolute Gasteiger partial charge is 0.256 e. The lowest BCUT2D eigenvalue weighted by atomic mass is 10.0. The van der Waals surface area contributed by atoms with E-state index in [0.29, 0.717) is 15.9 Å². The van der Waals surface area contributed by atoms with E-state index in [2.05, 4.69) is 26.2 Å². The Balaban J connectivity index is 1.99. The van der Waals surface area contributed by atoms with Crippen LogP contribution < -0.4 is 5.32 Å². The number of amides is 1. The van der Waals surface area contributed by atoms with Crippen molar-refractivity contribution < 1.29 is 4.79 Å². The fraction of sp³-hybridized carbons (Fsp3) is 0. The molecular weight excluding hydrogens is 316 g/mol. The summed E-state index contributed by atoms with van der Waals surface area (Å²) in [5.74, 6) is -0.143. The molecule has 0 aliphatic rings. The molecule has 2 aromatic carbocycles. The molecule has 3 aromatic rings. The molecule has 1 N–H and O–H groups in total. The minimum absolute atomic E-state index is 0.143. The number of nitrogens with one attached hydrogen (secondary N) is 1. The molecule has 1 amide bonds. The van der Waals surface area contributed by atoms with E-state index in [-0.39, 0.29) is 5.91 Å². The van der Waals surface area contributed by atoms with E-state index < -0.39 is 0 Å². The van der Waals surface area contributed by atoms with Gasteiger partial charge in [0, 0.05) is 11.8 Å². The molecule has 0 fully saturated rings. The van der Waals surface area contributed by atoms with Crippen molar-refractivity contribution in [1.82, 2.24) is 4.98 Å². The largest absolute Gasteiger partial charge is 0.320 e. The number of pyridine rings is 1. The average molecular weight is 327 g/mol. The number of benzene rings is 2. The summed E-state index contributed by atoms with van der Waals surface area (Å²) in [6, 6.07) is 17.1. The van der Waals surface area contributed by atoms with Gasteiger partial charge in [-0.05, 0) is 44.9 Å². The first-order valence-corrected chi connectivity index (χ1v) is 6.94. The van der Waals surface area contributed by atoms with Gasteiger partial charge in [-0.1, -0.05) is 36.4 Å². The van der Waals surface area contributed by atoms with Gasteiger partial charge >= 0.3 is 0 Å². The highest BCUT2D eigenvalue weighted by Gasteiger charge is 2.11. The lowest BCUT2D eigenvalue weighted by molar-refractivity contribution is 0.102. The maximum absolute atomic E-state index is 12.4. The molecule has 3 rings (SSSR count). The monoisotopic (exact) mass is 326 g/mol. The van der Waals surface area contributed by atoms with Crippen LogP contribution in [0.15, 0.2) is 65.4 Å². The van der Waals surface area contributed by atoms with Crippen LogP contribution in [0.5, 0.6) is 0 Å². The number of rotatable bonds is 2. The van der Waals surface area contributed by atoms with Crippen LogP contribution in [0.1, 0.15) is 10.4 Å². The minimum Gasteiger partial charge on any atom is -0.320 e. The number of hydrogen-bond donors (Lipinski definition) is 1. The molecule has 0 aliphatic heterocycles. The number of carbonyl (C=O) groups excluding carboxylic acids is 1. The first-order valence-electron chi connectivity index (χ1n) is 6.15. The van der Waals surface area contributed by atoms with Crippen LogP contribution in [-0.2, 0) is 0 Å². The first kappa shape index (κ1) is 12.8. The van der Waals surface area contributed by atoms with E-state index in [1.54, 1.807) is 18.3 Å². The quantitative estimate of drug-likeness (QED) is 0.715. The van der Waals surface area contributed by atoms with Gasteiger partial charge in [-0.25, -0.2) is 4.98 Å². The molecule has 0 saturated carbocycles. The molecule has 0 aliphatic carbocycles. The van der Waals surface area contributed by atoms with Crippen LogP contribution in [0.25, 0.3) is 10.8 Å². The van der Waals surface area contributed by atoms with Crippen LogP contribution in [-0.4, -0.2) is 10.9 Å². The second kappa shape index (κ2) is 5.43. The molecule has 1 heterocycles. The summed E-state index contributed by atoms with van der Waals surface area (Å²) in [7, 11) is 0. The van der Waals surface area contributed by atoms with Gasteiger partial charge in [0.2, 0.25) is 0 Å². The average Bonchev–Trinajstić information content (AvgIpc) is 2.49. The Hall–Kier alpha value is -2.20. The number of hydrogen-bond acceptors (Lipinski definition) is 2. The van der Waals surface area contributed by atoms with Gasteiger partial charge in [-0.15, -0.1) is 0 Å². The Labute approximate surface area is 124 Å². The normalized spacial score (nSPS) is 10.4. The molecule has 98 valence electrons. The second-order valence-corrected chi connectivity index (χ2v) is 5.07.